The van der Waals surface area contributed by atoms with Crippen molar-refractivity contribution in [3.63, 3.8) is 0 Å². The van der Waals surface area contributed by atoms with Crippen molar-refractivity contribution in [3.8, 4) is 0 Å². The third kappa shape index (κ3) is 2.40. The van der Waals surface area contributed by atoms with Gasteiger partial charge >= 0.3 is 0 Å². The molecule has 0 aliphatic carbocycles. The summed E-state index contributed by atoms with van der Waals surface area (Å²) >= 11 is 0. The van der Waals surface area contributed by atoms with Crippen LogP contribution in [0, 0.1) is 0 Å². The van der Waals surface area contributed by atoms with Gasteiger partial charge in [-0.3, -0.25) is 19.3 Å². The Labute approximate surface area is 117 Å². The lowest BCUT2D eigenvalue weighted by Gasteiger charge is -2.24. The highest BCUT2D eigenvalue weighted by Gasteiger charge is 2.13. The van der Waals surface area contributed by atoms with Gasteiger partial charge in [-0.1, -0.05) is 0 Å². The van der Waals surface area contributed by atoms with Gasteiger partial charge in [0, 0.05) is 37.4 Å². The summed E-state index contributed by atoms with van der Waals surface area (Å²) in [6.07, 6.45) is 11.1. The molecule has 0 saturated carbocycles. The van der Waals surface area contributed by atoms with E-state index >= 15 is 0 Å². The summed E-state index contributed by atoms with van der Waals surface area (Å²) in [6.45, 7) is 3.02. The van der Waals surface area contributed by atoms with Crippen LogP contribution in [0.2, 0.25) is 0 Å². The molecule has 5 heteroatoms. The zero-order chi connectivity index (χ0) is 13.9. The fourth-order valence-corrected chi connectivity index (χ4v) is 2.30. The van der Waals surface area contributed by atoms with E-state index in [4.69, 9.17) is 0 Å². The van der Waals surface area contributed by atoms with Crippen molar-refractivity contribution in [2.75, 3.05) is 7.05 Å². The van der Waals surface area contributed by atoms with E-state index in [1.165, 1.54) is 5.56 Å². The van der Waals surface area contributed by atoms with Gasteiger partial charge in [0.2, 0.25) is 0 Å². The van der Waals surface area contributed by atoms with Crippen LogP contribution in [0.1, 0.15) is 24.2 Å². The lowest BCUT2D eigenvalue weighted by Crippen LogP contribution is -2.22. The second kappa shape index (κ2) is 5.38. The first-order valence-corrected chi connectivity index (χ1v) is 6.62. The molecular weight excluding hydrogens is 250 g/mol. The molecule has 20 heavy (non-hydrogen) atoms. The standard InChI is InChI=1S/C15H17N5/c1-12(13-3-5-16-6-4-13)19(2)11-14-9-18-15-10-17-7-8-20(14)15/h3-10,12H,11H2,1-2H3. The normalized spacial score (nSPS) is 12.9. The van der Waals surface area contributed by atoms with Gasteiger partial charge < -0.3 is 0 Å². The minimum atomic E-state index is 0.324. The van der Waals surface area contributed by atoms with Crippen molar-refractivity contribution in [2.45, 2.75) is 19.5 Å². The number of hydrogen-bond acceptors (Lipinski definition) is 4. The van der Waals surface area contributed by atoms with Crippen LogP contribution in [0.25, 0.3) is 5.65 Å². The molecule has 0 fully saturated rings. The molecule has 0 bridgehead atoms. The molecule has 0 radical (unpaired) electrons. The maximum atomic E-state index is 4.37. The SMILES string of the molecule is CC(c1ccncc1)N(C)Cc1cnc2cnccn12. The summed E-state index contributed by atoms with van der Waals surface area (Å²) < 4.78 is 2.07. The number of imidazole rings is 1. The van der Waals surface area contributed by atoms with Crippen molar-refractivity contribution in [1.29, 1.82) is 0 Å². The van der Waals surface area contributed by atoms with Crippen molar-refractivity contribution in [3.05, 3.63) is 60.6 Å². The smallest absolute Gasteiger partial charge is 0.155 e. The van der Waals surface area contributed by atoms with E-state index in [0.29, 0.717) is 6.04 Å². The van der Waals surface area contributed by atoms with Crippen LogP contribution in [0.4, 0.5) is 0 Å². The van der Waals surface area contributed by atoms with Gasteiger partial charge in [0.15, 0.2) is 5.65 Å². The van der Waals surface area contributed by atoms with E-state index in [9.17, 15) is 0 Å². The number of rotatable bonds is 4. The molecule has 102 valence electrons. The van der Waals surface area contributed by atoms with Crippen LogP contribution in [-0.2, 0) is 6.54 Å². The van der Waals surface area contributed by atoms with E-state index in [2.05, 4.69) is 50.4 Å². The Kier molecular flexibility index (Phi) is 3.43. The maximum absolute atomic E-state index is 4.37. The predicted molar refractivity (Wildman–Crippen MR) is 77.1 cm³/mol. The van der Waals surface area contributed by atoms with Gasteiger partial charge in [-0.25, -0.2) is 4.98 Å². The molecule has 0 amide bonds. The molecule has 0 saturated heterocycles. The lowest BCUT2D eigenvalue weighted by atomic mass is 10.1. The molecule has 3 aromatic rings. The Morgan fingerprint density at radius 1 is 1.15 bits per heavy atom. The monoisotopic (exact) mass is 267 g/mol. The van der Waals surface area contributed by atoms with Gasteiger partial charge in [-0.05, 0) is 31.7 Å². The summed E-state index contributed by atoms with van der Waals surface area (Å²) in [7, 11) is 2.12. The third-order valence-electron chi connectivity index (χ3n) is 3.65. The number of aromatic nitrogens is 4. The Morgan fingerprint density at radius 3 is 2.75 bits per heavy atom. The molecule has 1 atom stereocenters. The van der Waals surface area contributed by atoms with Crippen LogP contribution >= 0.6 is 0 Å². The van der Waals surface area contributed by atoms with Crippen LogP contribution in [0.5, 0.6) is 0 Å². The molecule has 3 heterocycles. The van der Waals surface area contributed by atoms with Crippen molar-refractivity contribution in [1.82, 2.24) is 24.3 Å². The Balaban J connectivity index is 1.80. The summed E-state index contributed by atoms with van der Waals surface area (Å²) in [5, 5.41) is 0. The second-order valence-electron chi connectivity index (χ2n) is 4.93. The quantitative estimate of drug-likeness (QED) is 0.728. The molecule has 0 N–H and O–H groups in total. The van der Waals surface area contributed by atoms with E-state index in [1.807, 2.05) is 24.8 Å². The van der Waals surface area contributed by atoms with Crippen LogP contribution in [0.3, 0.4) is 0 Å². The Bertz CT molecular complexity index is 692. The molecule has 3 aromatic heterocycles. The van der Waals surface area contributed by atoms with Gasteiger partial charge in [-0.2, -0.15) is 0 Å². The topological polar surface area (TPSA) is 46.3 Å². The molecule has 1 unspecified atom stereocenters. The number of hydrogen-bond donors (Lipinski definition) is 0. The van der Waals surface area contributed by atoms with Crippen molar-refractivity contribution < 1.29 is 0 Å². The molecule has 5 nitrogen and oxygen atoms in total. The lowest BCUT2D eigenvalue weighted by molar-refractivity contribution is 0.249. The highest BCUT2D eigenvalue weighted by atomic mass is 15.2. The number of nitrogens with zero attached hydrogens (tertiary/aromatic N) is 5. The maximum Gasteiger partial charge on any atom is 0.155 e. The van der Waals surface area contributed by atoms with Crippen LogP contribution < -0.4 is 0 Å². The first-order chi connectivity index (χ1) is 9.75. The number of fused-ring (bicyclic) bond motifs is 1. The van der Waals surface area contributed by atoms with Gasteiger partial charge in [0.05, 0.1) is 18.1 Å². The predicted octanol–water partition coefficient (Wildman–Crippen LogP) is 2.32. The Morgan fingerprint density at radius 2 is 1.95 bits per heavy atom. The molecule has 0 aliphatic heterocycles. The van der Waals surface area contributed by atoms with E-state index in [0.717, 1.165) is 17.9 Å². The first kappa shape index (κ1) is 12.7. The van der Waals surface area contributed by atoms with Crippen molar-refractivity contribution in [2.24, 2.45) is 0 Å². The third-order valence-corrected chi connectivity index (χ3v) is 3.65. The van der Waals surface area contributed by atoms with Gasteiger partial charge in [-0.15, -0.1) is 0 Å². The number of pyridine rings is 1. The van der Waals surface area contributed by atoms with Crippen LogP contribution in [-0.4, -0.2) is 31.3 Å². The summed E-state index contributed by atoms with van der Waals surface area (Å²) in [6, 6.07) is 4.43. The van der Waals surface area contributed by atoms with Crippen LogP contribution in [0.15, 0.2) is 49.3 Å². The molecule has 0 spiro atoms. The zero-order valence-electron chi connectivity index (χ0n) is 11.6. The highest BCUT2D eigenvalue weighted by Crippen LogP contribution is 2.20. The van der Waals surface area contributed by atoms with Gasteiger partial charge in [0.25, 0.3) is 0 Å². The fourth-order valence-electron chi connectivity index (χ4n) is 2.30. The minimum Gasteiger partial charge on any atom is -0.300 e. The first-order valence-electron chi connectivity index (χ1n) is 6.62. The Hall–Kier alpha value is -2.27. The molecule has 3 rings (SSSR count). The van der Waals surface area contributed by atoms with E-state index in [1.54, 1.807) is 12.4 Å². The summed E-state index contributed by atoms with van der Waals surface area (Å²) in [4.78, 5) is 14.8. The minimum absolute atomic E-state index is 0.324. The fraction of sp³-hybridized carbons (Fsp3) is 0.267. The average molecular weight is 267 g/mol. The summed E-state index contributed by atoms with van der Waals surface area (Å²) in [5.41, 5.74) is 3.30. The second-order valence-corrected chi connectivity index (χ2v) is 4.93. The zero-order valence-corrected chi connectivity index (χ0v) is 11.6. The highest BCUT2D eigenvalue weighted by molar-refractivity contribution is 5.36. The van der Waals surface area contributed by atoms with E-state index in [-0.39, 0.29) is 0 Å². The summed E-state index contributed by atoms with van der Waals surface area (Å²) in [5.74, 6) is 0. The van der Waals surface area contributed by atoms with Gasteiger partial charge in [0.1, 0.15) is 0 Å². The molecular formula is C15H17N5. The largest absolute Gasteiger partial charge is 0.300 e. The van der Waals surface area contributed by atoms with E-state index < -0.39 is 0 Å². The average Bonchev–Trinajstić information content (AvgIpc) is 2.91. The molecule has 0 aromatic carbocycles. The van der Waals surface area contributed by atoms with Crippen molar-refractivity contribution >= 4 is 5.65 Å². The molecule has 0 aliphatic rings.